The smallest absolute Gasteiger partial charge is 0.341 e. The van der Waals surface area contributed by atoms with Crippen molar-refractivity contribution in [2.45, 2.75) is 19.9 Å². The number of carboxylic acid groups (broad SMARTS) is 1. The Labute approximate surface area is 196 Å². The first-order valence-corrected chi connectivity index (χ1v) is 11.1. The highest BCUT2D eigenvalue weighted by atomic mass is 32.1. The Morgan fingerprint density at radius 2 is 1.94 bits per heavy atom. The Morgan fingerprint density at radius 1 is 1.21 bits per heavy atom. The summed E-state index contributed by atoms with van der Waals surface area (Å²) in [5, 5.41) is 9.52. The van der Waals surface area contributed by atoms with E-state index in [1.807, 2.05) is 31.2 Å². The Morgan fingerprint density at radius 3 is 2.61 bits per heavy atom. The van der Waals surface area contributed by atoms with Gasteiger partial charge < -0.3 is 24.2 Å². The molecule has 2 aromatic heterocycles. The fourth-order valence-electron chi connectivity index (χ4n) is 3.99. The minimum Gasteiger partial charge on any atom is -0.496 e. The fourth-order valence-corrected chi connectivity index (χ4v) is 4.33. The van der Waals surface area contributed by atoms with Crippen LogP contribution in [0.15, 0.2) is 41.5 Å². The fraction of sp³-hybridized carbons (Fsp3) is 0.348. The molecule has 1 aliphatic rings. The molecule has 0 spiro atoms. The van der Waals surface area contributed by atoms with Crippen LogP contribution in [0.2, 0.25) is 0 Å². The SMILES string of the molecule is CCn1cc(C(=O)O)c(=O)c2cnc(N3CCN(C(=S)Cc4ccccc4OC)CC3)nc21. The third-order valence-corrected chi connectivity index (χ3v) is 6.23. The number of aromatic nitrogens is 3. The van der Waals surface area contributed by atoms with E-state index in [-0.39, 0.29) is 10.9 Å². The lowest BCUT2D eigenvalue weighted by Gasteiger charge is -2.36. The van der Waals surface area contributed by atoms with Gasteiger partial charge in [-0.15, -0.1) is 0 Å². The predicted molar refractivity (Wildman–Crippen MR) is 130 cm³/mol. The highest BCUT2D eigenvalue weighted by molar-refractivity contribution is 7.80. The molecule has 0 radical (unpaired) electrons. The molecule has 0 amide bonds. The van der Waals surface area contributed by atoms with Crippen LogP contribution in [0.4, 0.5) is 5.95 Å². The van der Waals surface area contributed by atoms with Crippen molar-refractivity contribution in [1.29, 1.82) is 0 Å². The number of ether oxygens (including phenoxy) is 1. The van der Waals surface area contributed by atoms with E-state index in [1.54, 1.807) is 11.7 Å². The third kappa shape index (κ3) is 4.51. The minimum absolute atomic E-state index is 0.206. The zero-order valence-electron chi connectivity index (χ0n) is 18.5. The number of carbonyl (C=O) groups is 1. The summed E-state index contributed by atoms with van der Waals surface area (Å²) in [6.07, 6.45) is 3.41. The van der Waals surface area contributed by atoms with Crippen molar-refractivity contribution >= 4 is 40.2 Å². The van der Waals surface area contributed by atoms with E-state index in [1.165, 1.54) is 12.4 Å². The number of methoxy groups -OCH3 is 1. The number of para-hydroxylation sites is 1. The number of hydrogen-bond acceptors (Lipinski definition) is 7. The van der Waals surface area contributed by atoms with Gasteiger partial charge in [0, 0.05) is 57.1 Å². The molecule has 9 nitrogen and oxygen atoms in total. The van der Waals surface area contributed by atoms with Crippen LogP contribution in [-0.2, 0) is 13.0 Å². The average Bonchev–Trinajstić information content (AvgIpc) is 2.84. The van der Waals surface area contributed by atoms with Crippen molar-refractivity contribution in [3.05, 3.63) is 58.0 Å². The zero-order chi connectivity index (χ0) is 23.5. The van der Waals surface area contributed by atoms with Crippen LogP contribution in [0.3, 0.4) is 0 Å². The molecule has 0 saturated carbocycles. The Hall–Kier alpha value is -3.53. The standard InChI is InChI=1S/C23H25N5O4S/c1-3-26-14-17(22(30)31)20(29)16-13-24-23(25-21(16)26)28-10-8-27(9-11-28)19(33)12-15-6-4-5-7-18(15)32-2/h4-7,13-14H,3,8-12H2,1-2H3,(H,30,31). The number of aromatic carboxylic acids is 1. The minimum atomic E-state index is -1.26. The molecule has 172 valence electrons. The van der Waals surface area contributed by atoms with Crippen LogP contribution in [0.1, 0.15) is 22.8 Å². The Kier molecular flexibility index (Phi) is 6.55. The molecule has 1 fully saturated rings. The molecular weight excluding hydrogens is 442 g/mol. The van der Waals surface area contributed by atoms with E-state index in [4.69, 9.17) is 17.0 Å². The second-order valence-corrected chi connectivity index (χ2v) is 8.20. The lowest BCUT2D eigenvalue weighted by Crippen LogP contribution is -2.49. The van der Waals surface area contributed by atoms with Gasteiger partial charge in [-0.1, -0.05) is 30.4 Å². The quantitative estimate of drug-likeness (QED) is 0.547. The van der Waals surface area contributed by atoms with Crippen LogP contribution in [0, 0.1) is 0 Å². The molecule has 0 unspecified atom stereocenters. The summed E-state index contributed by atoms with van der Waals surface area (Å²) in [6, 6.07) is 7.87. The van der Waals surface area contributed by atoms with Gasteiger partial charge in [-0.3, -0.25) is 4.79 Å². The van der Waals surface area contributed by atoms with Crippen LogP contribution < -0.4 is 15.1 Å². The molecule has 1 aliphatic heterocycles. The summed E-state index contributed by atoms with van der Waals surface area (Å²) in [7, 11) is 1.66. The number of nitrogens with zero attached hydrogens (tertiary/aromatic N) is 5. The van der Waals surface area contributed by atoms with E-state index in [9.17, 15) is 14.7 Å². The van der Waals surface area contributed by atoms with Gasteiger partial charge in [0.05, 0.1) is 17.5 Å². The Bertz CT molecular complexity index is 1270. The number of benzene rings is 1. The number of pyridine rings is 1. The third-order valence-electron chi connectivity index (χ3n) is 5.82. The van der Waals surface area contributed by atoms with Gasteiger partial charge >= 0.3 is 5.97 Å². The lowest BCUT2D eigenvalue weighted by molar-refractivity contribution is 0.0695. The van der Waals surface area contributed by atoms with Gasteiger partial charge in [0.2, 0.25) is 11.4 Å². The number of carboxylic acids is 1. The van der Waals surface area contributed by atoms with E-state index < -0.39 is 11.4 Å². The Balaban J connectivity index is 1.50. The lowest BCUT2D eigenvalue weighted by atomic mass is 10.1. The number of rotatable bonds is 6. The number of piperazine rings is 1. The molecule has 1 N–H and O–H groups in total. The van der Waals surface area contributed by atoms with E-state index >= 15 is 0 Å². The van der Waals surface area contributed by atoms with Crippen molar-refractivity contribution in [2.75, 3.05) is 38.2 Å². The molecule has 4 rings (SSSR count). The summed E-state index contributed by atoms with van der Waals surface area (Å²) in [4.78, 5) is 38.0. The maximum Gasteiger partial charge on any atom is 0.341 e. The number of fused-ring (bicyclic) bond motifs is 1. The average molecular weight is 468 g/mol. The molecule has 3 heterocycles. The molecule has 0 atom stereocenters. The maximum atomic E-state index is 12.5. The van der Waals surface area contributed by atoms with E-state index in [0.717, 1.165) is 29.4 Å². The van der Waals surface area contributed by atoms with E-state index in [0.29, 0.717) is 37.7 Å². The second kappa shape index (κ2) is 9.53. The summed E-state index contributed by atoms with van der Waals surface area (Å²) >= 11 is 5.70. The number of anilines is 1. The van der Waals surface area contributed by atoms with Gasteiger partial charge in [0.1, 0.15) is 17.0 Å². The van der Waals surface area contributed by atoms with Gasteiger partial charge in [-0.2, -0.15) is 4.98 Å². The highest BCUT2D eigenvalue weighted by Crippen LogP contribution is 2.20. The second-order valence-electron chi connectivity index (χ2n) is 7.73. The molecule has 1 saturated heterocycles. The molecule has 3 aromatic rings. The number of thiocarbonyl (C=S) groups is 1. The summed E-state index contributed by atoms with van der Waals surface area (Å²) in [5.41, 5.74) is 0.647. The van der Waals surface area contributed by atoms with Gasteiger partial charge in [0.25, 0.3) is 0 Å². The number of aryl methyl sites for hydroxylation is 1. The van der Waals surface area contributed by atoms with Crippen LogP contribution in [-0.4, -0.2) is 68.8 Å². The summed E-state index contributed by atoms with van der Waals surface area (Å²) < 4.78 is 7.10. The molecule has 0 aliphatic carbocycles. The van der Waals surface area contributed by atoms with Crippen molar-refractivity contribution in [2.24, 2.45) is 0 Å². The monoisotopic (exact) mass is 467 g/mol. The van der Waals surface area contributed by atoms with Gasteiger partial charge in [-0.25, -0.2) is 9.78 Å². The number of hydrogen-bond donors (Lipinski definition) is 1. The summed E-state index contributed by atoms with van der Waals surface area (Å²) in [6.45, 7) is 5.18. The van der Waals surface area contributed by atoms with Gasteiger partial charge in [-0.05, 0) is 13.0 Å². The molecule has 1 aromatic carbocycles. The van der Waals surface area contributed by atoms with Crippen molar-refractivity contribution in [3.8, 4) is 5.75 Å². The van der Waals surface area contributed by atoms with E-state index in [2.05, 4.69) is 19.8 Å². The summed E-state index contributed by atoms with van der Waals surface area (Å²) in [5.74, 6) is 0.0898. The highest BCUT2D eigenvalue weighted by Gasteiger charge is 2.23. The maximum absolute atomic E-state index is 12.5. The molecule has 0 bridgehead atoms. The normalized spacial score (nSPS) is 13.9. The largest absolute Gasteiger partial charge is 0.496 e. The molecule has 33 heavy (non-hydrogen) atoms. The van der Waals surface area contributed by atoms with Crippen molar-refractivity contribution in [1.82, 2.24) is 19.4 Å². The topological polar surface area (TPSA) is 101 Å². The van der Waals surface area contributed by atoms with Crippen LogP contribution in [0.5, 0.6) is 5.75 Å². The van der Waals surface area contributed by atoms with Crippen LogP contribution >= 0.6 is 12.2 Å². The first-order chi connectivity index (χ1) is 15.9. The molecular formula is C23H25N5O4S. The first kappa shape index (κ1) is 22.7. The molecule has 10 heteroatoms. The zero-order valence-corrected chi connectivity index (χ0v) is 19.3. The van der Waals surface area contributed by atoms with Crippen molar-refractivity contribution in [3.63, 3.8) is 0 Å². The first-order valence-electron chi connectivity index (χ1n) is 10.7. The van der Waals surface area contributed by atoms with Crippen molar-refractivity contribution < 1.29 is 14.6 Å². The van der Waals surface area contributed by atoms with Gasteiger partial charge in [0.15, 0.2) is 0 Å². The predicted octanol–water partition coefficient (Wildman–Crippen LogP) is 2.21. The van der Waals surface area contributed by atoms with Crippen LogP contribution in [0.25, 0.3) is 11.0 Å².